The minimum Gasteiger partial charge on any atom is -0.497 e. The molecule has 0 unspecified atom stereocenters. The van der Waals surface area contributed by atoms with Crippen molar-refractivity contribution in [2.75, 3.05) is 20.3 Å². The molecule has 0 aliphatic carbocycles. The average molecular weight is 380 g/mol. The van der Waals surface area contributed by atoms with E-state index in [0.29, 0.717) is 6.61 Å². The number of imidazole rings is 1. The van der Waals surface area contributed by atoms with Crippen molar-refractivity contribution in [3.8, 4) is 34.1 Å². The molecule has 1 aromatic heterocycles. The van der Waals surface area contributed by atoms with Crippen LogP contribution in [0.3, 0.4) is 0 Å². The summed E-state index contributed by atoms with van der Waals surface area (Å²) in [7, 11) is 1.66. The largest absolute Gasteiger partial charge is 0.497 e. The normalized spacial score (nSPS) is 11.4. The molecule has 0 amide bonds. The van der Waals surface area contributed by atoms with Crippen molar-refractivity contribution in [2.24, 2.45) is 0 Å². The van der Waals surface area contributed by atoms with E-state index >= 15 is 0 Å². The first-order valence-electron chi connectivity index (χ1n) is 9.63. The highest BCUT2D eigenvalue weighted by Gasteiger charge is 2.08. The minimum absolute atomic E-state index is 0.148. The molecule has 2 aromatic carbocycles. The van der Waals surface area contributed by atoms with Crippen LogP contribution < -0.4 is 14.8 Å². The zero-order valence-electron chi connectivity index (χ0n) is 17.1. The van der Waals surface area contributed by atoms with Crippen LogP contribution in [0.2, 0.25) is 0 Å². The number of nitrogens with zero attached hydrogens (tertiary/aromatic N) is 1. The number of aromatic amines is 1. The summed E-state index contributed by atoms with van der Waals surface area (Å²) in [5, 5.41) is 3.46. The van der Waals surface area contributed by atoms with Gasteiger partial charge < -0.3 is 19.8 Å². The van der Waals surface area contributed by atoms with Crippen molar-refractivity contribution in [3.05, 3.63) is 54.7 Å². The molecule has 28 heavy (non-hydrogen) atoms. The van der Waals surface area contributed by atoms with Crippen LogP contribution in [-0.4, -0.2) is 35.8 Å². The van der Waals surface area contributed by atoms with Crippen LogP contribution >= 0.6 is 0 Å². The fourth-order valence-corrected chi connectivity index (χ4v) is 2.81. The van der Waals surface area contributed by atoms with Gasteiger partial charge in [-0.3, -0.25) is 0 Å². The lowest BCUT2D eigenvalue weighted by Crippen LogP contribution is -2.36. The molecule has 148 valence electrons. The van der Waals surface area contributed by atoms with Crippen molar-refractivity contribution >= 4 is 0 Å². The Hall–Kier alpha value is -2.79. The quantitative estimate of drug-likeness (QED) is 0.546. The lowest BCUT2D eigenvalue weighted by Gasteiger charge is -2.20. The molecule has 3 aromatic rings. The van der Waals surface area contributed by atoms with Crippen LogP contribution in [0.1, 0.15) is 27.2 Å². The summed E-state index contributed by atoms with van der Waals surface area (Å²) in [4.78, 5) is 7.95. The maximum atomic E-state index is 5.83. The van der Waals surface area contributed by atoms with E-state index in [1.807, 2.05) is 54.7 Å². The Morgan fingerprint density at radius 1 is 0.929 bits per heavy atom. The predicted octanol–water partition coefficient (Wildman–Crippen LogP) is 4.91. The van der Waals surface area contributed by atoms with Crippen molar-refractivity contribution in [3.63, 3.8) is 0 Å². The second kappa shape index (κ2) is 8.93. The first-order chi connectivity index (χ1) is 13.4. The molecule has 2 N–H and O–H groups in total. The molecule has 0 radical (unpaired) electrons. The minimum atomic E-state index is 0.148. The summed E-state index contributed by atoms with van der Waals surface area (Å²) < 4.78 is 11.0. The standard InChI is InChI=1S/C23H29N3O2/c1-23(2,3)25-14-5-15-28-20-12-8-18(9-13-20)22-24-16-21(26-22)17-6-10-19(27-4)11-7-17/h6-13,16,25H,5,14-15H2,1-4H3,(H,24,26). The van der Waals surface area contributed by atoms with Gasteiger partial charge in [0.2, 0.25) is 0 Å². The van der Waals surface area contributed by atoms with E-state index < -0.39 is 0 Å². The molecule has 0 aliphatic heterocycles. The van der Waals surface area contributed by atoms with Crippen molar-refractivity contribution < 1.29 is 9.47 Å². The Morgan fingerprint density at radius 3 is 2.21 bits per heavy atom. The highest BCUT2D eigenvalue weighted by Crippen LogP contribution is 2.25. The van der Waals surface area contributed by atoms with Gasteiger partial charge >= 0.3 is 0 Å². The average Bonchev–Trinajstić information content (AvgIpc) is 3.17. The molecule has 3 rings (SSSR count). The predicted molar refractivity (Wildman–Crippen MR) is 114 cm³/mol. The number of rotatable bonds is 8. The zero-order valence-corrected chi connectivity index (χ0v) is 17.1. The summed E-state index contributed by atoms with van der Waals surface area (Å²) >= 11 is 0. The number of benzene rings is 2. The Labute approximate surface area is 167 Å². The SMILES string of the molecule is COc1ccc(-c2c[nH]c(-c3ccc(OCCCNC(C)(C)C)cc3)n2)cc1. The van der Waals surface area contributed by atoms with E-state index in [0.717, 1.165) is 47.1 Å². The van der Waals surface area contributed by atoms with Gasteiger partial charge in [-0.25, -0.2) is 4.98 Å². The summed E-state index contributed by atoms with van der Waals surface area (Å²) in [6.45, 7) is 8.15. The van der Waals surface area contributed by atoms with Gasteiger partial charge in [-0.1, -0.05) is 0 Å². The first-order valence-corrected chi connectivity index (χ1v) is 9.63. The molecular formula is C23H29N3O2. The van der Waals surface area contributed by atoms with Crippen LogP contribution in [0.15, 0.2) is 54.7 Å². The van der Waals surface area contributed by atoms with Gasteiger partial charge in [0.1, 0.15) is 17.3 Å². The van der Waals surface area contributed by atoms with Gasteiger partial charge in [0.25, 0.3) is 0 Å². The molecule has 5 heteroatoms. The Balaban J connectivity index is 1.55. The summed E-state index contributed by atoms with van der Waals surface area (Å²) in [6, 6.07) is 15.9. The number of aromatic nitrogens is 2. The fraction of sp³-hybridized carbons (Fsp3) is 0.348. The van der Waals surface area contributed by atoms with Crippen LogP contribution in [0.25, 0.3) is 22.6 Å². The van der Waals surface area contributed by atoms with Crippen LogP contribution in [-0.2, 0) is 0 Å². The third kappa shape index (κ3) is 5.60. The molecule has 0 aliphatic rings. The number of ether oxygens (including phenoxy) is 2. The molecule has 0 bridgehead atoms. The maximum Gasteiger partial charge on any atom is 0.138 e. The molecule has 0 atom stereocenters. The summed E-state index contributed by atoms with van der Waals surface area (Å²) in [5.74, 6) is 2.55. The fourth-order valence-electron chi connectivity index (χ4n) is 2.81. The molecular weight excluding hydrogens is 350 g/mol. The lowest BCUT2D eigenvalue weighted by molar-refractivity contribution is 0.298. The van der Waals surface area contributed by atoms with Gasteiger partial charge in [0, 0.05) is 22.9 Å². The van der Waals surface area contributed by atoms with E-state index in [1.165, 1.54) is 0 Å². The lowest BCUT2D eigenvalue weighted by atomic mass is 10.1. The Morgan fingerprint density at radius 2 is 1.57 bits per heavy atom. The summed E-state index contributed by atoms with van der Waals surface area (Å²) in [5.41, 5.74) is 3.13. The molecule has 1 heterocycles. The van der Waals surface area contributed by atoms with Gasteiger partial charge in [-0.2, -0.15) is 0 Å². The van der Waals surface area contributed by atoms with E-state index in [-0.39, 0.29) is 5.54 Å². The van der Waals surface area contributed by atoms with E-state index in [1.54, 1.807) is 7.11 Å². The molecule has 0 fully saturated rings. The van der Waals surface area contributed by atoms with Crippen LogP contribution in [0, 0.1) is 0 Å². The number of hydrogen-bond acceptors (Lipinski definition) is 4. The van der Waals surface area contributed by atoms with Gasteiger partial charge in [-0.05, 0) is 82.3 Å². The smallest absolute Gasteiger partial charge is 0.138 e. The Bertz CT molecular complexity index is 862. The van der Waals surface area contributed by atoms with E-state index in [2.05, 4.69) is 31.1 Å². The van der Waals surface area contributed by atoms with Crippen LogP contribution in [0.5, 0.6) is 11.5 Å². The van der Waals surface area contributed by atoms with Gasteiger partial charge in [0.05, 0.1) is 19.4 Å². The van der Waals surface area contributed by atoms with E-state index in [4.69, 9.17) is 14.5 Å². The molecule has 0 saturated heterocycles. The van der Waals surface area contributed by atoms with E-state index in [9.17, 15) is 0 Å². The second-order valence-electron chi connectivity index (χ2n) is 7.77. The topological polar surface area (TPSA) is 59.2 Å². The van der Waals surface area contributed by atoms with Crippen molar-refractivity contribution in [1.29, 1.82) is 0 Å². The highest BCUT2D eigenvalue weighted by atomic mass is 16.5. The molecule has 0 saturated carbocycles. The first kappa shape index (κ1) is 20.0. The monoisotopic (exact) mass is 379 g/mol. The van der Waals surface area contributed by atoms with Gasteiger partial charge in [-0.15, -0.1) is 0 Å². The van der Waals surface area contributed by atoms with Crippen molar-refractivity contribution in [2.45, 2.75) is 32.7 Å². The second-order valence-corrected chi connectivity index (χ2v) is 7.77. The number of nitrogens with one attached hydrogen (secondary N) is 2. The third-order valence-electron chi connectivity index (χ3n) is 4.34. The Kier molecular flexibility index (Phi) is 6.37. The third-order valence-corrected chi connectivity index (χ3v) is 4.34. The number of methoxy groups -OCH3 is 1. The molecule has 5 nitrogen and oxygen atoms in total. The zero-order chi connectivity index (χ0) is 20.0. The van der Waals surface area contributed by atoms with Gasteiger partial charge in [0.15, 0.2) is 0 Å². The molecule has 0 spiro atoms. The number of hydrogen-bond donors (Lipinski definition) is 2. The van der Waals surface area contributed by atoms with Crippen LogP contribution in [0.4, 0.5) is 0 Å². The summed E-state index contributed by atoms with van der Waals surface area (Å²) in [6.07, 6.45) is 2.90. The maximum absolute atomic E-state index is 5.83. The van der Waals surface area contributed by atoms with Crippen molar-refractivity contribution in [1.82, 2.24) is 15.3 Å². The number of H-pyrrole nitrogens is 1. The highest BCUT2D eigenvalue weighted by molar-refractivity contribution is 5.65.